The highest BCUT2D eigenvalue weighted by atomic mass is 16.4. The number of hydrogen-bond acceptors (Lipinski definition) is 3. The molecule has 1 aromatic rings. The number of benzene rings is 1. The Kier molecular flexibility index (Phi) is 4.97. The third kappa shape index (κ3) is 3.62. The fourth-order valence-electron chi connectivity index (χ4n) is 5.03. The fraction of sp³-hybridized carbons (Fsp3) is 0.636. The topological polar surface area (TPSA) is 69.6 Å². The number of nitrogens with one attached hydrogen (secondary N) is 1. The molecule has 1 aromatic carbocycles. The number of likely N-dealkylation sites (tertiary alicyclic amines) is 1. The second-order valence-corrected chi connectivity index (χ2v) is 8.66. The quantitative estimate of drug-likeness (QED) is 0.855. The Morgan fingerprint density at radius 3 is 2.56 bits per heavy atom. The lowest BCUT2D eigenvalue weighted by molar-refractivity contribution is -0.151. The molecule has 1 amide bonds. The Bertz CT molecular complexity index is 720. The molecule has 3 fully saturated rings. The number of amides is 1. The minimum Gasteiger partial charge on any atom is -0.481 e. The van der Waals surface area contributed by atoms with E-state index in [2.05, 4.69) is 36.5 Å². The molecule has 2 unspecified atom stereocenters. The third-order valence-electron chi connectivity index (χ3n) is 6.98. The van der Waals surface area contributed by atoms with Gasteiger partial charge in [-0.25, -0.2) is 0 Å². The molecule has 5 heteroatoms. The van der Waals surface area contributed by atoms with Crippen molar-refractivity contribution in [1.82, 2.24) is 10.2 Å². The Labute approximate surface area is 161 Å². The summed E-state index contributed by atoms with van der Waals surface area (Å²) >= 11 is 0. The van der Waals surface area contributed by atoms with Crippen molar-refractivity contribution in [2.75, 3.05) is 19.6 Å². The number of nitrogens with zero attached hydrogens (tertiary/aromatic N) is 1. The zero-order chi connectivity index (χ0) is 19.0. The molecular weight excluding hydrogens is 340 g/mol. The lowest BCUT2D eigenvalue weighted by atomic mass is 9.81. The van der Waals surface area contributed by atoms with E-state index in [9.17, 15) is 14.7 Å². The van der Waals surface area contributed by atoms with Crippen molar-refractivity contribution < 1.29 is 14.7 Å². The molecule has 3 aliphatic rings. The van der Waals surface area contributed by atoms with Crippen molar-refractivity contribution in [3.05, 3.63) is 35.4 Å². The van der Waals surface area contributed by atoms with Crippen molar-refractivity contribution >= 4 is 11.9 Å². The molecule has 27 heavy (non-hydrogen) atoms. The number of carbonyl (C=O) groups is 2. The lowest BCUT2D eigenvalue weighted by Gasteiger charge is -2.39. The van der Waals surface area contributed by atoms with E-state index in [1.807, 2.05) is 4.90 Å². The van der Waals surface area contributed by atoms with E-state index in [1.165, 1.54) is 11.1 Å². The first-order valence-electron chi connectivity index (χ1n) is 10.4. The average molecular weight is 370 g/mol. The Hall–Kier alpha value is -1.88. The van der Waals surface area contributed by atoms with Crippen LogP contribution in [0.5, 0.6) is 0 Å². The summed E-state index contributed by atoms with van der Waals surface area (Å²) in [5, 5.41) is 12.9. The van der Waals surface area contributed by atoms with Crippen LogP contribution in [0.2, 0.25) is 0 Å². The molecule has 2 N–H and O–H groups in total. The fourth-order valence-corrected chi connectivity index (χ4v) is 5.03. The van der Waals surface area contributed by atoms with Crippen LogP contribution < -0.4 is 5.32 Å². The summed E-state index contributed by atoms with van der Waals surface area (Å²) in [5.41, 5.74) is 2.97. The molecular formula is C22H30N2O3. The van der Waals surface area contributed by atoms with Crippen LogP contribution in [0.1, 0.15) is 56.1 Å². The largest absolute Gasteiger partial charge is 0.481 e. The van der Waals surface area contributed by atoms with Crippen molar-refractivity contribution in [3.63, 3.8) is 0 Å². The van der Waals surface area contributed by atoms with Gasteiger partial charge in [0, 0.05) is 19.6 Å². The normalized spacial score (nSPS) is 27.5. The van der Waals surface area contributed by atoms with E-state index in [0.717, 1.165) is 51.7 Å². The van der Waals surface area contributed by atoms with E-state index in [4.69, 9.17) is 0 Å². The standard InChI is InChI=1S/C22H30N2O3/c1-2-15-5-3-4-6-17(15)16-7-11-24(12-8-16)20(25)19-18(21(26)27)13-22(9-10-22)14-23-19/h3-6,16,18-19,23H,2,7-14H2,1H3,(H,26,27). The van der Waals surface area contributed by atoms with E-state index in [-0.39, 0.29) is 11.3 Å². The van der Waals surface area contributed by atoms with Gasteiger partial charge in [-0.3, -0.25) is 9.59 Å². The van der Waals surface area contributed by atoms with Gasteiger partial charge in [-0.2, -0.15) is 0 Å². The minimum atomic E-state index is -0.835. The molecule has 2 saturated heterocycles. The summed E-state index contributed by atoms with van der Waals surface area (Å²) in [4.78, 5) is 26.7. The van der Waals surface area contributed by atoms with Gasteiger partial charge in [0.1, 0.15) is 6.04 Å². The number of carbonyl (C=O) groups excluding carboxylic acids is 1. The van der Waals surface area contributed by atoms with Gasteiger partial charge in [-0.1, -0.05) is 31.2 Å². The maximum absolute atomic E-state index is 13.1. The maximum Gasteiger partial charge on any atom is 0.308 e. The van der Waals surface area contributed by atoms with Gasteiger partial charge in [-0.05, 0) is 61.0 Å². The predicted octanol–water partition coefficient (Wildman–Crippen LogP) is 2.80. The summed E-state index contributed by atoms with van der Waals surface area (Å²) < 4.78 is 0. The lowest BCUT2D eigenvalue weighted by Crippen LogP contribution is -2.58. The van der Waals surface area contributed by atoms with E-state index < -0.39 is 17.9 Å². The number of carboxylic acids is 1. The summed E-state index contributed by atoms with van der Waals surface area (Å²) in [6.45, 7) is 4.41. The van der Waals surface area contributed by atoms with Crippen LogP contribution >= 0.6 is 0 Å². The maximum atomic E-state index is 13.1. The molecule has 1 spiro atoms. The first kappa shape index (κ1) is 18.5. The number of rotatable bonds is 4. The van der Waals surface area contributed by atoms with Gasteiger partial charge in [0.2, 0.25) is 5.91 Å². The monoisotopic (exact) mass is 370 g/mol. The summed E-state index contributed by atoms with van der Waals surface area (Å²) in [6.07, 6.45) is 5.77. The zero-order valence-corrected chi connectivity index (χ0v) is 16.1. The molecule has 1 saturated carbocycles. The summed E-state index contributed by atoms with van der Waals surface area (Å²) in [7, 11) is 0. The molecule has 0 bridgehead atoms. The van der Waals surface area contributed by atoms with Crippen LogP contribution in [-0.2, 0) is 16.0 Å². The van der Waals surface area contributed by atoms with Crippen LogP contribution in [0.4, 0.5) is 0 Å². The second-order valence-electron chi connectivity index (χ2n) is 8.66. The molecule has 5 nitrogen and oxygen atoms in total. The SMILES string of the molecule is CCc1ccccc1C1CCN(C(=O)C2NCC3(CC3)CC2C(=O)O)CC1. The zero-order valence-electron chi connectivity index (χ0n) is 16.1. The molecule has 0 aromatic heterocycles. The van der Waals surface area contributed by atoms with Gasteiger partial charge >= 0.3 is 5.97 Å². The summed E-state index contributed by atoms with van der Waals surface area (Å²) in [6, 6.07) is 8.05. The van der Waals surface area contributed by atoms with E-state index in [1.54, 1.807) is 0 Å². The summed E-state index contributed by atoms with van der Waals surface area (Å²) in [5.74, 6) is -0.944. The Morgan fingerprint density at radius 2 is 1.93 bits per heavy atom. The molecule has 4 rings (SSSR count). The predicted molar refractivity (Wildman–Crippen MR) is 104 cm³/mol. The highest BCUT2D eigenvalue weighted by Gasteiger charge is 2.52. The van der Waals surface area contributed by atoms with Crippen LogP contribution in [0.3, 0.4) is 0 Å². The van der Waals surface area contributed by atoms with Crippen molar-refractivity contribution in [1.29, 1.82) is 0 Å². The van der Waals surface area contributed by atoms with Gasteiger partial charge in [0.25, 0.3) is 0 Å². The Balaban J connectivity index is 1.40. The number of aryl methyl sites for hydroxylation is 1. The first-order chi connectivity index (χ1) is 13.0. The van der Waals surface area contributed by atoms with E-state index >= 15 is 0 Å². The van der Waals surface area contributed by atoms with Gasteiger partial charge in [0.15, 0.2) is 0 Å². The van der Waals surface area contributed by atoms with Crippen molar-refractivity contribution in [2.24, 2.45) is 11.3 Å². The number of piperidine rings is 2. The molecule has 0 radical (unpaired) electrons. The van der Waals surface area contributed by atoms with Crippen LogP contribution in [-0.4, -0.2) is 47.6 Å². The molecule has 1 aliphatic carbocycles. The first-order valence-corrected chi connectivity index (χ1v) is 10.4. The minimum absolute atomic E-state index is 0.0138. The van der Waals surface area contributed by atoms with Crippen LogP contribution in [0, 0.1) is 11.3 Å². The molecule has 2 heterocycles. The number of hydrogen-bond donors (Lipinski definition) is 2. The molecule has 2 atom stereocenters. The van der Waals surface area contributed by atoms with Crippen molar-refractivity contribution in [3.8, 4) is 0 Å². The van der Waals surface area contributed by atoms with Crippen molar-refractivity contribution in [2.45, 2.75) is 57.4 Å². The van der Waals surface area contributed by atoms with E-state index in [0.29, 0.717) is 12.3 Å². The number of aliphatic carboxylic acids is 1. The highest BCUT2D eigenvalue weighted by Crippen LogP contribution is 2.52. The molecule has 146 valence electrons. The second kappa shape index (κ2) is 7.27. The van der Waals surface area contributed by atoms with Crippen LogP contribution in [0.25, 0.3) is 0 Å². The van der Waals surface area contributed by atoms with Gasteiger partial charge in [0.05, 0.1) is 5.92 Å². The van der Waals surface area contributed by atoms with Crippen LogP contribution in [0.15, 0.2) is 24.3 Å². The average Bonchev–Trinajstić information content (AvgIpc) is 3.46. The molecule has 2 aliphatic heterocycles. The highest BCUT2D eigenvalue weighted by molar-refractivity contribution is 5.88. The van der Waals surface area contributed by atoms with Gasteiger partial charge in [-0.15, -0.1) is 0 Å². The smallest absolute Gasteiger partial charge is 0.308 e. The van der Waals surface area contributed by atoms with Gasteiger partial charge < -0.3 is 15.3 Å². The number of carboxylic acid groups (broad SMARTS) is 1. The third-order valence-corrected chi connectivity index (χ3v) is 6.98. The Morgan fingerprint density at radius 1 is 1.22 bits per heavy atom.